The molecule has 1 N–H and O–H groups in total. The van der Waals surface area contributed by atoms with Crippen LogP contribution >= 0.6 is 0 Å². The van der Waals surface area contributed by atoms with Crippen LogP contribution in [-0.4, -0.2) is 19.6 Å². The number of amides is 1. The van der Waals surface area contributed by atoms with Crippen LogP contribution in [0.3, 0.4) is 0 Å². The van der Waals surface area contributed by atoms with Crippen LogP contribution in [-0.2, 0) is 17.4 Å². The van der Waals surface area contributed by atoms with Gasteiger partial charge in [0.2, 0.25) is 5.91 Å². The van der Waals surface area contributed by atoms with E-state index in [1.165, 1.54) is 19.2 Å². The zero-order valence-electron chi connectivity index (χ0n) is 14.5. The Hall–Kier alpha value is -2.70. The zero-order chi connectivity index (χ0) is 19.2. The predicted molar refractivity (Wildman–Crippen MR) is 92.6 cm³/mol. The number of halogens is 3. The van der Waals surface area contributed by atoms with Crippen LogP contribution in [0.4, 0.5) is 18.9 Å². The minimum absolute atomic E-state index is 0.120. The Labute approximate surface area is 149 Å². The molecule has 0 aliphatic carbocycles. The van der Waals surface area contributed by atoms with E-state index in [0.717, 1.165) is 17.7 Å². The normalized spacial score (nSPS) is 11.1. The molecular formula is C19H20F3NO3. The topological polar surface area (TPSA) is 47.6 Å². The molecule has 0 aliphatic heterocycles. The van der Waals surface area contributed by atoms with E-state index in [1.807, 2.05) is 13.0 Å². The number of carbonyl (C=O) groups excluding carboxylic acids is 1. The number of aryl methyl sites for hydroxylation is 1. The van der Waals surface area contributed by atoms with Crippen molar-refractivity contribution in [2.75, 3.05) is 19.0 Å². The first-order valence-electron chi connectivity index (χ1n) is 8.10. The molecule has 2 rings (SSSR count). The Morgan fingerprint density at radius 1 is 1.12 bits per heavy atom. The van der Waals surface area contributed by atoms with Gasteiger partial charge in [-0.3, -0.25) is 4.79 Å². The van der Waals surface area contributed by atoms with Gasteiger partial charge in [-0.1, -0.05) is 12.1 Å². The summed E-state index contributed by atoms with van der Waals surface area (Å²) in [6.45, 7) is 2.38. The summed E-state index contributed by atoms with van der Waals surface area (Å²) in [7, 11) is 1.53. The van der Waals surface area contributed by atoms with Gasteiger partial charge >= 0.3 is 6.18 Å². The quantitative estimate of drug-likeness (QED) is 0.773. The summed E-state index contributed by atoms with van der Waals surface area (Å²) < 4.78 is 48.8. The molecule has 0 bridgehead atoms. The number of hydrogen-bond acceptors (Lipinski definition) is 3. The summed E-state index contributed by atoms with van der Waals surface area (Å²) in [6.07, 6.45) is -3.89. The van der Waals surface area contributed by atoms with E-state index in [2.05, 4.69) is 5.32 Å². The number of carbonyl (C=O) groups is 1. The lowest BCUT2D eigenvalue weighted by Crippen LogP contribution is -2.13. The smallest absolute Gasteiger partial charge is 0.416 e. The summed E-state index contributed by atoms with van der Waals surface area (Å²) in [5.41, 5.74) is 0.185. The lowest BCUT2D eigenvalue weighted by Gasteiger charge is -2.12. The number of methoxy groups -OCH3 is 1. The van der Waals surface area contributed by atoms with Crippen LogP contribution in [0, 0.1) is 0 Å². The predicted octanol–water partition coefficient (Wildman–Crippen LogP) is 4.68. The molecule has 140 valence electrons. The molecule has 2 aromatic carbocycles. The molecule has 0 unspecified atom stereocenters. The Bertz CT molecular complexity index is 760. The van der Waals surface area contributed by atoms with Crippen LogP contribution in [0.25, 0.3) is 0 Å². The fourth-order valence-electron chi connectivity index (χ4n) is 2.40. The van der Waals surface area contributed by atoms with Gasteiger partial charge in [0.15, 0.2) is 11.5 Å². The van der Waals surface area contributed by atoms with Crippen molar-refractivity contribution < 1.29 is 27.4 Å². The highest BCUT2D eigenvalue weighted by Gasteiger charge is 2.30. The molecule has 2 aromatic rings. The summed E-state index contributed by atoms with van der Waals surface area (Å²) in [5.74, 6) is 0.826. The maximum atomic E-state index is 12.7. The van der Waals surface area contributed by atoms with E-state index >= 15 is 0 Å². The van der Waals surface area contributed by atoms with Gasteiger partial charge in [0.25, 0.3) is 0 Å². The summed E-state index contributed by atoms with van der Waals surface area (Å²) >= 11 is 0. The lowest BCUT2D eigenvalue weighted by atomic mass is 10.1. The van der Waals surface area contributed by atoms with Gasteiger partial charge in [-0.15, -0.1) is 0 Å². The van der Waals surface area contributed by atoms with Gasteiger partial charge in [-0.25, -0.2) is 0 Å². The second-order valence-electron chi connectivity index (χ2n) is 5.54. The molecule has 0 heterocycles. The number of nitrogens with one attached hydrogen (secondary N) is 1. The largest absolute Gasteiger partial charge is 0.493 e. The molecule has 4 nitrogen and oxygen atoms in total. The summed E-state index contributed by atoms with van der Waals surface area (Å²) in [4.78, 5) is 12.0. The van der Waals surface area contributed by atoms with E-state index in [4.69, 9.17) is 9.47 Å². The van der Waals surface area contributed by atoms with Gasteiger partial charge in [-0.2, -0.15) is 13.2 Å². The number of benzene rings is 2. The fourth-order valence-corrected chi connectivity index (χ4v) is 2.40. The van der Waals surface area contributed by atoms with E-state index in [1.54, 1.807) is 12.1 Å². The molecule has 0 radical (unpaired) electrons. The molecule has 1 amide bonds. The number of alkyl halides is 3. The number of hydrogen-bond donors (Lipinski definition) is 1. The Kier molecular flexibility index (Phi) is 6.49. The van der Waals surface area contributed by atoms with Gasteiger partial charge in [0.05, 0.1) is 19.3 Å². The van der Waals surface area contributed by atoms with Crippen molar-refractivity contribution in [1.29, 1.82) is 0 Å². The van der Waals surface area contributed by atoms with Crippen molar-refractivity contribution in [3.8, 4) is 11.5 Å². The number of anilines is 1. The summed E-state index contributed by atoms with van der Waals surface area (Å²) in [6, 6.07) is 9.93. The Morgan fingerprint density at radius 3 is 2.54 bits per heavy atom. The first-order chi connectivity index (χ1) is 12.3. The van der Waals surface area contributed by atoms with Crippen LogP contribution in [0.1, 0.15) is 24.5 Å². The molecular weight excluding hydrogens is 347 g/mol. The van der Waals surface area contributed by atoms with Crippen molar-refractivity contribution >= 4 is 11.6 Å². The second-order valence-corrected chi connectivity index (χ2v) is 5.54. The molecule has 0 saturated carbocycles. The van der Waals surface area contributed by atoms with Crippen molar-refractivity contribution in [3.63, 3.8) is 0 Å². The third-order valence-corrected chi connectivity index (χ3v) is 3.64. The molecule has 0 fully saturated rings. The molecule has 0 saturated heterocycles. The highest BCUT2D eigenvalue weighted by molar-refractivity contribution is 5.90. The van der Waals surface area contributed by atoms with Crippen LogP contribution in [0.5, 0.6) is 11.5 Å². The van der Waals surface area contributed by atoms with Crippen LogP contribution < -0.4 is 14.8 Å². The molecule has 26 heavy (non-hydrogen) atoms. The van der Waals surface area contributed by atoms with Gasteiger partial charge in [-0.05, 0) is 49.2 Å². The molecule has 0 atom stereocenters. The van der Waals surface area contributed by atoms with Crippen LogP contribution in [0.2, 0.25) is 0 Å². The highest BCUT2D eigenvalue weighted by atomic mass is 19.4. The molecule has 0 aliphatic rings. The number of ether oxygens (including phenoxy) is 2. The molecule has 0 spiro atoms. The molecule has 7 heteroatoms. The average molecular weight is 367 g/mol. The zero-order valence-corrected chi connectivity index (χ0v) is 14.5. The lowest BCUT2D eigenvalue weighted by molar-refractivity contribution is -0.137. The minimum Gasteiger partial charge on any atom is -0.493 e. The molecule has 0 aromatic heterocycles. The maximum Gasteiger partial charge on any atom is 0.416 e. The van der Waals surface area contributed by atoms with Gasteiger partial charge < -0.3 is 14.8 Å². The average Bonchev–Trinajstić information content (AvgIpc) is 2.60. The highest BCUT2D eigenvalue weighted by Crippen LogP contribution is 2.31. The van der Waals surface area contributed by atoms with Crippen molar-refractivity contribution in [2.45, 2.75) is 25.9 Å². The van der Waals surface area contributed by atoms with Crippen molar-refractivity contribution in [3.05, 3.63) is 53.6 Å². The van der Waals surface area contributed by atoms with E-state index in [9.17, 15) is 18.0 Å². The Morgan fingerprint density at radius 2 is 1.88 bits per heavy atom. The Balaban J connectivity index is 1.97. The standard InChI is InChI=1S/C19H20F3NO3/c1-3-26-16-9-7-13(11-17(16)25-2)8-10-18(24)23-15-6-4-5-14(12-15)19(20,21)22/h4-7,9,11-12H,3,8,10H2,1-2H3,(H,23,24). The van der Waals surface area contributed by atoms with E-state index in [0.29, 0.717) is 24.5 Å². The monoisotopic (exact) mass is 367 g/mol. The third-order valence-electron chi connectivity index (χ3n) is 3.64. The number of rotatable bonds is 7. The first-order valence-corrected chi connectivity index (χ1v) is 8.10. The van der Waals surface area contributed by atoms with Gasteiger partial charge in [0, 0.05) is 12.1 Å². The van der Waals surface area contributed by atoms with Crippen molar-refractivity contribution in [2.24, 2.45) is 0 Å². The second kappa shape index (κ2) is 8.60. The minimum atomic E-state index is -4.44. The van der Waals surface area contributed by atoms with Crippen molar-refractivity contribution in [1.82, 2.24) is 0 Å². The van der Waals surface area contributed by atoms with E-state index in [-0.39, 0.29) is 18.0 Å². The third kappa shape index (κ3) is 5.40. The maximum absolute atomic E-state index is 12.7. The first kappa shape index (κ1) is 19.6. The van der Waals surface area contributed by atoms with Gasteiger partial charge in [0.1, 0.15) is 0 Å². The summed E-state index contributed by atoms with van der Waals surface area (Å²) in [5, 5.41) is 2.49. The van der Waals surface area contributed by atoms with Crippen LogP contribution in [0.15, 0.2) is 42.5 Å². The SMILES string of the molecule is CCOc1ccc(CCC(=O)Nc2cccc(C(F)(F)F)c2)cc1OC. The van der Waals surface area contributed by atoms with E-state index < -0.39 is 11.7 Å². The fraction of sp³-hybridized carbons (Fsp3) is 0.316.